The highest BCUT2D eigenvalue weighted by Gasteiger charge is 2.08. The molecule has 0 heterocycles. The van der Waals surface area contributed by atoms with Crippen molar-refractivity contribution in [1.82, 2.24) is 0 Å². The highest BCUT2D eigenvalue weighted by Crippen LogP contribution is 2.23. The van der Waals surface area contributed by atoms with Crippen LogP contribution in [0.25, 0.3) is 10.8 Å². The molecule has 1 unspecified atom stereocenters. The predicted molar refractivity (Wildman–Crippen MR) is 91.1 cm³/mol. The molecular weight excluding hydrogens is 287 g/mol. The largest absolute Gasteiger partial charge is 0.127 e. The Balaban J connectivity index is 1.88. The molecule has 2 aromatic rings. The van der Waals surface area contributed by atoms with E-state index >= 15 is 0 Å². The molecule has 0 saturated carbocycles. The van der Waals surface area contributed by atoms with E-state index in [9.17, 15) is 0 Å². The maximum atomic E-state index is 6.50. The zero-order valence-corrected chi connectivity index (χ0v) is 13.3. The lowest BCUT2D eigenvalue weighted by Gasteiger charge is -2.11. The van der Waals surface area contributed by atoms with Gasteiger partial charge in [0.05, 0.1) is 0 Å². The van der Waals surface area contributed by atoms with Crippen molar-refractivity contribution in [3.05, 3.63) is 48.0 Å². The molecule has 1 atom stereocenters. The van der Waals surface area contributed by atoms with Crippen LogP contribution in [-0.2, 0) is 6.42 Å². The van der Waals surface area contributed by atoms with Crippen molar-refractivity contribution in [3.8, 4) is 0 Å². The van der Waals surface area contributed by atoms with Crippen molar-refractivity contribution in [3.63, 3.8) is 0 Å². The Kier molecular flexibility index (Phi) is 6.69. The maximum Gasteiger partial charge on any atom is 0.0376 e. The second-order valence-electron chi connectivity index (χ2n) is 5.33. The fraction of sp³-hybridized carbons (Fsp3) is 0.444. The fourth-order valence-corrected chi connectivity index (χ4v) is 3.13. The number of hydrogen-bond acceptors (Lipinski definition) is 0. The highest BCUT2D eigenvalue weighted by atomic mass is 35.5. The van der Waals surface area contributed by atoms with Gasteiger partial charge in [-0.1, -0.05) is 61.7 Å². The molecule has 2 heteroatoms. The van der Waals surface area contributed by atoms with E-state index < -0.39 is 0 Å². The summed E-state index contributed by atoms with van der Waals surface area (Å²) in [6.45, 7) is 0. The summed E-state index contributed by atoms with van der Waals surface area (Å²) < 4.78 is 0. The van der Waals surface area contributed by atoms with E-state index in [-0.39, 0.29) is 5.38 Å². The summed E-state index contributed by atoms with van der Waals surface area (Å²) in [6, 6.07) is 15.0. The summed E-state index contributed by atoms with van der Waals surface area (Å²) in [5.74, 6) is 0.778. The third-order valence-electron chi connectivity index (χ3n) is 3.72. The number of alkyl halides is 2. The molecule has 0 nitrogen and oxygen atoms in total. The molecule has 0 aliphatic rings. The number of unbranched alkanes of at least 4 members (excludes halogenated alkanes) is 3. The van der Waals surface area contributed by atoms with E-state index in [1.165, 1.54) is 35.6 Å². The minimum Gasteiger partial charge on any atom is -0.127 e. The molecule has 0 radical (unpaired) electrons. The van der Waals surface area contributed by atoms with E-state index in [2.05, 4.69) is 42.5 Å². The highest BCUT2D eigenvalue weighted by molar-refractivity contribution is 6.20. The van der Waals surface area contributed by atoms with Gasteiger partial charge in [-0.05, 0) is 35.6 Å². The third kappa shape index (κ3) is 4.68. The quantitative estimate of drug-likeness (QED) is 0.403. The molecule has 0 N–H and O–H groups in total. The van der Waals surface area contributed by atoms with Crippen LogP contribution in [0.4, 0.5) is 0 Å². The molecule has 108 valence electrons. The summed E-state index contributed by atoms with van der Waals surface area (Å²) in [5, 5.41) is 2.87. The van der Waals surface area contributed by atoms with Crippen LogP contribution in [0, 0.1) is 0 Å². The summed E-state index contributed by atoms with van der Waals surface area (Å²) in [7, 11) is 0. The van der Waals surface area contributed by atoms with Crippen LogP contribution in [0.2, 0.25) is 0 Å². The lowest BCUT2D eigenvalue weighted by atomic mass is 9.99. The second kappa shape index (κ2) is 8.54. The predicted octanol–water partition coefficient (Wildman–Crippen LogP) is 6.18. The molecule has 0 amide bonds. The van der Waals surface area contributed by atoms with Crippen molar-refractivity contribution < 1.29 is 0 Å². The summed E-state index contributed by atoms with van der Waals surface area (Å²) in [5.41, 5.74) is 1.36. The van der Waals surface area contributed by atoms with E-state index in [1.54, 1.807) is 0 Å². The van der Waals surface area contributed by atoms with Gasteiger partial charge in [0.2, 0.25) is 0 Å². The zero-order valence-electron chi connectivity index (χ0n) is 11.8. The molecule has 0 fully saturated rings. The van der Waals surface area contributed by atoms with Crippen LogP contribution in [-0.4, -0.2) is 11.3 Å². The number of halogens is 2. The van der Waals surface area contributed by atoms with Crippen molar-refractivity contribution in [2.24, 2.45) is 0 Å². The van der Waals surface area contributed by atoms with Crippen LogP contribution < -0.4 is 0 Å². The Bertz CT molecular complexity index is 516. The van der Waals surface area contributed by atoms with Gasteiger partial charge in [0.25, 0.3) is 0 Å². The SMILES string of the molecule is ClCCCCCCC(Cl)Cc1cccc2ccccc12. The smallest absolute Gasteiger partial charge is 0.0376 e. The second-order valence-corrected chi connectivity index (χ2v) is 6.33. The lowest BCUT2D eigenvalue weighted by Crippen LogP contribution is -2.04. The molecule has 2 rings (SSSR count). The molecule has 2 aromatic carbocycles. The number of hydrogen-bond donors (Lipinski definition) is 0. The van der Waals surface area contributed by atoms with Crippen LogP contribution in [0.1, 0.15) is 37.7 Å². The van der Waals surface area contributed by atoms with E-state index in [1.807, 2.05) is 0 Å². The van der Waals surface area contributed by atoms with Crippen LogP contribution >= 0.6 is 23.2 Å². The van der Waals surface area contributed by atoms with Crippen molar-refractivity contribution >= 4 is 34.0 Å². The summed E-state index contributed by atoms with van der Waals surface area (Å²) >= 11 is 12.2. The van der Waals surface area contributed by atoms with Gasteiger partial charge in [0, 0.05) is 11.3 Å². The van der Waals surface area contributed by atoms with Crippen molar-refractivity contribution in [2.75, 3.05) is 5.88 Å². The normalized spacial score (nSPS) is 12.7. The van der Waals surface area contributed by atoms with Crippen molar-refractivity contribution in [2.45, 2.75) is 43.9 Å². The van der Waals surface area contributed by atoms with E-state index in [0.717, 1.165) is 25.1 Å². The molecule has 0 aromatic heterocycles. The van der Waals surface area contributed by atoms with Gasteiger partial charge in [0.1, 0.15) is 0 Å². The average Bonchev–Trinajstić information content (AvgIpc) is 2.47. The monoisotopic (exact) mass is 308 g/mol. The Morgan fingerprint density at radius 1 is 0.850 bits per heavy atom. The lowest BCUT2D eigenvalue weighted by molar-refractivity contribution is 0.614. The molecule has 0 aliphatic heterocycles. The van der Waals surface area contributed by atoms with Gasteiger partial charge < -0.3 is 0 Å². The molecule has 0 bridgehead atoms. The Labute approximate surface area is 132 Å². The molecule has 0 saturated heterocycles. The van der Waals surface area contributed by atoms with Gasteiger partial charge in [0.15, 0.2) is 0 Å². The molecule has 0 aliphatic carbocycles. The molecule has 20 heavy (non-hydrogen) atoms. The Hall–Kier alpha value is -0.720. The van der Waals surface area contributed by atoms with E-state index in [0.29, 0.717) is 0 Å². The number of benzene rings is 2. The first-order valence-electron chi connectivity index (χ1n) is 7.48. The van der Waals surface area contributed by atoms with E-state index in [4.69, 9.17) is 23.2 Å². The first-order valence-corrected chi connectivity index (χ1v) is 8.45. The minimum absolute atomic E-state index is 0.233. The van der Waals surface area contributed by atoms with Crippen LogP contribution in [0.3, 0.4) is 0 Å². The Morgan fingerprint density at radius 2 is 1.60 bits per heavy atom. The third-order valence-corrected chi connectivity index (χ3v) is 4.36. The topological polar surface area (TPSA) is 0 Å². The van der Waals surface area contributed by atoms with Gasteiger partial charge in [-0.15, -0.1) is 23.2 Å². The van der Waals surface area contributed by atoms with Crippen LogP contribution in [0.15, 0.2) is 42.5 Å². The summed E-state index contributed by atoms with van der Waals surface area (Å²) in [4.78, 5) is 0. The maximum absolute atomic E-state index is 6.50. The average molecular weight is 309 g/mol. The minimum atomic E-state index is 0.233. The molecular formula is C18H22Cl2. The Morgan fingerprint density at radius 3 is 2.45 bits per heavy atom. The molecule has 0 spiro atoms. The van der Waals surface area contributed by atoms with Gasteiger partial charge in [-0.2, -0.15) is 0 Å². The number of rotatable bonds is 8. The zero-order chi connectivity index (χ0) is 14.2. The first-order chi connectivity index (χ1) is 9.81. The van der Waals surface area contributed by atoms with Crippen LogP contribution in [0.5, 0.6) is 0 Å². The van der Waals surface area contributed by atoms with Gasteiger partial charge >= 0.3 is 0 Å². The fourth-order valence-electron chi connectivity index (χ4n) is 2.63. The van der Waals surface area contributed by atoms with Gasteiger partial charge in [-0.25, -0.2) is 0 Å². The standard InChI is InChI=1S/C18H22Cl2/c19-13-6-2-1-3-11-17(20)14-16-10-7-9-15-8-4-5-12-18(15)16/h4-5,7-10,12,17H,1-3,6,11,13-14H2. The number of fused-ring (bicyclic) bond motifs is 1. The van der Waals surface area contributed by atoms with Crippen molar-refractivity contribution in [1.29, 1.82) is 0 Å². The van der Waals surface area contributed by atoms with Gasteiger partial charge in [-0.3, -0.25) is 0 Å². The summed E-state index contributed by atoms with van der Waals surface area (Å²) in [6.07, 6.45) is 6.84. The first kappa shape index (κ1) is 15.7.